The first-order valence-corrected chi connectivity index (χ1v) is 9.07. The molecular formula is C19H32N4O2. The molecule has 1 aliphatic rings. The lowest BCUT2D eigenvalue weighted by molar-refractivity contribution is 0.0210. The number of piperidine rings is 1. The minimum atomic E-state index is -0.448. The Morgan fingerprint density at radius 2 is 1.84 bits per heavy atom. The smallest absolute Gasteiger partial charge is 0.410 e. The summed E-state index contributed by atoms with van der Waals surface area (Å²) >= 11 is 0. The minimum Gasteiger partial charge on any atom is -0.444 e. The van der Waals surface area contributed by atoms with Crippen molar-refractivity contribution < 1.29 is 9.53 Å². The predicted octanol–water partition coefficient (Wildman–Crippen LogP) is 3.88. The molecule has 6 heteroatoms. The van der Waals surface area contributed by atoms with Gasteiger partial charge in [0.1, 0.15) is 17.7 Å². The molecule has 0 atom stereocenters. The molecule has 140 valence electrons. The van der Waals surface area contributed by atoms with Gasteiger partial charge in [0.05, 0.1) is 0 Å². The summed E-state index contributed by atoms with van der Waals surface area (Å²) in [6.45, 7) is 13.7. The molecule has 1 aliphatic heterocycles. The van der Waals surface area contributed by atoms with Gasteiger partial charge in [-0.3, -0.25) is 0 Å². The van der Waals surface area contributed by atoms with Crippen molar-refractivity contribution in [2.24, 2.45) is 5.41 Å². The molecule has 2 heterocycles. The molecule has 0 aromatic carbocycles. The quantitative estimate of drug-likeness (QED) is 0.898. The van der Waals surface area contributed by atoms with E-state index in [2.05, 4.69) is 36.1 Å². The van der Waals surface area contributed by atoms with Crippen LogP contribution >= 0.6 is 0 Å². The van der Waals surface area contributed by atoms with Crippen LogP contribution in [0.4, 0.5) is 10.6 Å². The number of amides is 1. The van der Waals surface area contributed by atoms with E-state index in [1.807, 2.05) is 26.8 Å². The molecule has 0 aliphatic carbocycles. The summed E-state index contributed by atoms with van der Waals surface area (Å²) in [6.07, 6.45) is 4.09. The summed E-state index contributed by atoms with van der Waals surface area (Å²) in [5.41, 5.74) is 0.803. The summed E-state index contributed by atoms with van der Waals surface area (Å²) < 4.78 is 5.44. The van der Waals surface area contributed by atoms with Gasteiger partial charge in [0.15, 0.2) is 0 Å². The van der Waals surface area contributed by atoms with E-state index in [1.165, 1.54) is 0 Å². The molecule has 0 bridgehead atoms. The monoisotopic (exact) mass is 348 g/mol. The number of nitrogens with one attached hydrogen (secondary N) is 1. The van der Waals surface area contributed by atoms with E-state index in [1.54, 1.807) is 11.2 Å². The number of hydrogen-bond donors (Lipinski definition) is 1. The van der Waals surface area contributed by atoms with Crippen molar-refractivity contribution in [1.29, 1.82) is 0 Å². The normalized spacial score (nSPS) is 16.6. The summed E-state index contributed by atoms with van der Waals surface area (Å²) in [7, 11) is 0. The Bertz CT molecular complexity index is 582. The van der Waals surface area contributed by atoms with Crippen LogP contribution in [0.15, 0.2) is 12.4 Å². The number of carbonyl (C=O) groups excluding carboxylic acids is 1. The molecule has 0 saturated carbocycles. The highest BCUT2D eigenvalue weighted by Crippen LogP contribution is 2.22. The number of likely N-dealkylation sites (tertiary alicyclic amines) is 1. The molecule has 0 spiro atoms. The number of hydrogen-bond acceptors (Lipinski definition) is 5. The Kier molecular flexibility index (Phi) is 5.91. The second kappa shape index (κ2) is 7.58. The average molecular weight is 348 g/mol. The summed E-state index contributed by atoms with van der Waals surface area (Å²) in [5.74, 6) is 0.866. The highest BCUT2D eigenvalue weighted by Gasteiger charge is 2.27. The fourth-order valence-corrected chi connectivity index (χ4v) is 2.86. The van der Waals surface area contributed by atoms with Gasteiger partial charge in [-0.1, -0.05) is 20.8 Å². The van der Waals surface area contributed by atoms with Gasteiger partial charge >= 0.3 is 6.09 Å². The maximum atomic E-state index is 12.1. The maximum absolute atomic E-state index is 12.1. The Labute approximate surface area is 151 Å². The van der Waals surface area contributed by atoms with Gasteiger partial charge in [0.2, 0.25) is 0 Å². The van der Waals surface area contributed by atoms with Crippen molar-refractivity contribution in [2.75, 3.05) is 18.4 Å². The van der Waals surface area contributed by atoms with Crippen LogP contribution in [0, 0.1) is 5.41 Å². The van der Waals surface area contributed by atoms with Crippen molar-refractivity contribution in [2.45, 2.75) is 72.4 Å². The third-order valence-electron chi connectivity index (χ3n) is 3.93. The van der Waals surface area contributed by atoms with Crippen LogP contribution in [-0.2, 0) is 11.2 Å². The molecule has 0 radical (unpaired) electrons. The molecular weight excluding hydrogens is 316 g/mol. The van der Waals surface area contributed by atoms with Crippen LogP contribution < -0.4 is 5.32 Å². The molecule has 1 fully saturated rings. The first kappa shape index (κ1) is 19.5. The zero-order valence-electron chi connectivity index (χ0n) is 16.4. The van der Waals surface area contributed by atoms with Gasteiger partial charge in [0, 0.05) is 30.9 Å². The number of rotatable bonds is 3. The van der Waals surface area contributed by atoms with Crippen LogP contribution in [0.3, 0.4) is 0 Å². The lowest BCUT2D eigenvalue weighted by Crippen LogP contribution is -2.44. The van der Waals surface area contributed by atoms with E-state index in [0.29, 0.717) is 19.1 Å². The second-order valence-electron chi connectivity index (χ2n) is 9.02. The molecule has 0 unspecified atom stereocenters. The molecule has 1 aromatic heterocycles. The Balaban J connectivity index is 1.86. The van der Waals surface area contributed by atoms with Crippen LogP contribution in [0.2, 0.25) is 0 Å². The van der Waals surface area contributed by atoms with Crippen molar-refractivity contribution in [3.8, 4) is 0 Å². The molecule has 1 saturated heterocycles. The third kappa shape index (κ3) is 6.88. The van der Waals surface area contributed by atoms with Gasteiger partial charge in [-0.2, -0.15) is 0 Å². The number of ether oxygens (including phenoxy) is 1. The van der Waals surface area contributed by atoms with E-state index in [0.717, 1.165) is 30.8 Å². The lowest BCUT2D eigenvalue weighted by Gasteiger charge is -2.33. The topological polar surface area (TPSA) is 67.4 Å². The second-order valence-corrected chi connectivity index (χ2v) is 9.02. The van der Waals surface area contributed by atoms with Crippen LogP contribution in [-0.4, -0.2) is 45.7 Å². The Morgan fingerprint density at radius 3 is 2.40 bits per heavy atom. The molecule has 2 rings (SSSR count). The summed E-state index contributed by atoms with van der Waals surface area (Å²) in [6, 6.07) is 2.35. The summed E-state index contributed by atoms with van der Waals surface area (Å²) in [4.78, 5) is 22.6. The van der Waals surface area contributed by atoms with Gasteiger partial charge in [-0.15, -0.1) is 0 Å². The molecule has 1 aromatic rings. The van der Waals surface area contributed by atoms with E-state index >= 15 is 0 Å². The van der Waals surface area contributed by atoms with Gasteiger partial charge in [-0.25, -0.2) is 14.8 Å². The van der Waals surface area contributed by atoms with Crippen molar-refractivity contribution in [3.05, 3.63) is 18.1 Å². The zero-order chi connectivity index (χ0) is 18.7. The maximum Gasteiger partial charge on any atom is 0.410 e. The van der Waals surface area contributed by atoms with Gasteiger partial charge in [0.25, 0.3) is 0 Å². The van der Waals surface area contributed by atoms with Crippen molar-refractivity contribution >= 4 is 11.9 Å². The number of carbonyl (C=O) groups is 1. The largest absolute Gasteiger partial charge is 0.444 e. The first-order chi connectivity index (χ1) is 11.5. The average Bonchev–Trinajstić information content (AvgIpc) is 2.44. The first-order valence-electron chi connectivity index (χ1n) is 9.07. The van der Waals surface area contributed by atoms with Crippen molar-refractivity contribution in [3.63, 3.8) is 0 Å². The lowest BCUT2D eigenvalue weighted by atomic mass is 9.90. The molecule has 1 amide bonds. The number of nitrogens with zero attached hydrogens (tertiary/aromatic N) is 3. The van der Waals surface area contributed by atoms with Gasteiger partial charge in [-0.05, 0) is 45.4 Å². The number of aromatic nitrogens is 2. The van der Waals surface area contributed by atoms with E-state index in [9.17, 15) is 4.79 Å². The SMILES string of the molecule is CC(C)(C)Cc1cc(NC2CCN(C(=O)OC(C)(C)C)CC2)ncn1. The third-order valence-corrected chi connectivity index (χ3v) is 3.93. The zero-order valence-corrected chi connectivity index (χ0v) is 16.4. The predicted molar refractivity (Wildman–Crippen MR) is 99.6 cm³/mol. The Morgan fingerprint density at radius 1 is 1.20 bits per heavy atom. The molecule has 1 N–H and O–H groups in total. The van der Waals surface area contributed by atoms with Crippen LogP contribution in [0.25, 0.3) is 0 Å². The van der Waals surface area contributed by atoms with E-state index in [4.69, 9.17) is 4.74 Å². The van der Waals surface area contributed by atoms with E-state index < -0.39 is 5.60 Å². The highest BCUT2D eigenvalue weighted by molar-refractivity contribution is 5.68. The standard InChI is InChI=1S/C19H32N4O2/c1-18(2,3)12-15-11-16(21-13-20-15)22-14-7-9-23(10-8-14)17(24)25-19(4,5)6/h11,13-14H,7-10,12H2,1-6H3,(H,20,21,22). The minimum absolute atomic E-state index is 0.199. The fourth-order valence-electron chi connectivity index (χ4n) is 2.86. The van der Waals surface area contributed by atoms with E-state index in [-0.39, 0.29) is 11.5 Å². The highest BCUT2D eigenvalue weighted by atomic mass is 16.6. The van der Waals surface area contributed by atoms with Crippen molar-refractivity contribution in [1.82, 2.24) is 14.9 Å². The molecule has 25 heavy (non-hydrogen) atoms. The fraction of sp³-hybridized carbons (Fsp3) is 0.737. The Hall–Kier alpha value is -1.85. The van der Waals surface area contributed by atoms with Gasteiger partial charge < -0.3 is 15.0 Å². The van der Waals surface area contributed by atoms with Crippen LogP contribution in [0.1, 0.15) is 60.1 Å². The number of anilines is 1. The summed E-state index contributed by atoms with van der Waals surface area (Å²) in [5, 5.41) is 3.48. The van der Waals surface area contributed by atoms with Crippen LogP contribution in [0.5, 0.6) is 0 Å². The molecule has 6 nitrogen and oxygen atoms in total.